The molecule has 1 unspecified atom stereocenters. The number of carbonyl (C=O) groups excluding carboxylic acids is 2. The van der Waals surface area contributed by atoms with E-state index in [1.807, 2.05) is 22.4 Å². The van der Waals surface area contributed by atoms with E-state index in [4.69, 9.17) is 11.6 Å². The maximum atomic E-state index is 12.2. The van der Waals surface area contributed by atoms with Crippen LogP contribution in [-0.2, 0) is 16.0 Å². The van der Waals surface area contributed by atoms with E-state index in [9.17, 15) is 9.59 Å². The number of halogens is 1. The summed E-state index contributed by atoms with van der Waals surface area (Å²) in [6.07, 6.45) is 2.84. The average Bonchev–Trinajstić information content (AvgIpc) is 3.23. The number of carbonyl (C=O) groups is 2. The summed E-state index contributed by atoms with van der Waals surface area (Å²) in [5.41, 5.74) is 0.739. The minimum Gasteiger partial charge on any atom is -0.355 e. The smallest absolute Gasteiger partial charge is 0.226 e. The van der Waals surface area contributed by atoms with Crippen molar-refractivity contribution in [3.05, 3.63) is 27.5 Å². The van der Waals surface area contributed by atoms with Crippen LogP contribution in [0.1, 0.15) is 31.9 Å². The number of hydrogen-bond donors (Lipinski definition) is 1. The lowest BCUT2D eigenvalue weighted by atomic mass is 10.00. The maximum Gasteiger partial charge on any atom is 0.226 e. The molecule has 1 saturated heterocycles. The SMILES string of the molecule is CC1CCCN(C(=O)CCNC(=O)Cc2csc(-c3ccc(Cl)s3)n2)C1. The Morgan fingerprint density at radius 1 is 1.42 bits per heavy atom. The van der Waals surface area contributed by atoms with Crippen molar-refractivity contribution in [2.24, 2.45) is 5.92 Å². The minimum atomic E-state index is -0.106. The molecule has 26 heavy (non-hydrogen) atoms. The standard InChI is InChI=1S/C18H22ClN3O2S2/c1-12-3-2-8-22(10-12)17(24)6-7-20-16(23)9-13-11-25-18(21-13)14-4-5-15(19)26-14/h4-5,11-12H,2-3,6-10H2,1H3,(H,20,23). The molecule has 1 fully saturated rings. The summed E-state index contributed by atoms with van der Waals surface area (Å²) in [6.45, 7) is 4.22. The molecule has 5 nitrogen and oxygen atoms in total. The highest BCUT2D eigenvalue weighted by Crippen LogP contribution is 2.32. The topological polar surface area (TPSA) is 62.3 Å². The van der Waals surface area contributed by atoms with Crippen LogP contribution in [0.2, 0.25) is 4.34 Å². The molecule has 0 radical (unpaired) electrons. The molecule has 1 atom stereocenters. The van der Waals surface area contributed by atoms with Crippen molar-refractivity contribution in [3.63, 3.8) is 0 Å². The Kier molecular flexibility index (Phi) is 6.67. The number of nitrogens with zero attached hydrogens (tertiary/aromatic N) is 2. The van der Waals surface area contributed by atoms with E-state index in [1.54, 1.807) is 0 Å². The number of amides is 2. The molecule has 3 rings (SSSR count). The Morgan fingerprint density at radius 2 is 2.27 bits per heavy atom. The summed E-state index contributed by atoms with van der Waals surface area (Å²) in [5, 5.41) is 5.59. The molecule has 0 aromatic carbocycles. The summed E-state index contributed by atoms with van der Waals surface area (Å²) in [5.74, 6) is 0.590. The lowest BCUT2D eigenvalue weighted by Crippen LogP contribution is -2.40. The van der Waals surface area contributed by atoms with Gasteiger partial charge in [0.1, 0.15) is 5.01 Å². The molecule has 140 valence electrons. The monoisotopic (exact) mass is 411 g/mol. The van der Waals surface area contributed by atoms with E-state index in [0.29, 0.717) is 18.9 Å². The maximum absolute atomic E-state index is 12.2. The summed E-state index contributed by atoms with van der Waals surface area (Å²) < 4.78 is 0.724. The van der Waals surface area contributed by atoms with E-state index in [1.165, 1.54) is 29.1 Å². The first kappa shape index (κ1) is 19.3. The van der Waals surface area contributed by atoms with Crippen LogP contribution in [0.3, 0.4) is 0 Å². The molecule has 0 spiro atoms. The zero-order chi connectivity index (χ0) is 18.5. The van der Waals surface area contributed by atoms with E-state index in [2.05, 4.69) is 17.2 Å². The van der Waals surface area contributed by atoms with Gasteiger partial charge in [-0.3, -0.25) is 9.59 Å². The van der Waals surface area contributed by atoms with Gasteiger partial charge in [0, 0.05) is 31.4 Å². The molecule has 1 aliphatic heterocycles. The van der Waals surface area contributed by atoms with Gasteiger partial charge in [0.25, 0.3) is 0 Å². The molecule has 0 saturated carbocycles. The fourth-order valence-electron chi connectivity index (χ4n) is 3.04. The summed E-state index contributed by atoms with van der Waals surface area (Å²) in [6, 6.07) is 3.78. The average molecular weight is 412 g/mol. The van der Waals surface area contributed by atoms with Gasteiger partial charge in [-0.2, -0.15) is 0 Å². The van der Waals surface area contributed by atoms with Crippen molar-refractivity contribution in [1.29, 1.82) is 0 Å². The summed E-state index contributed by atoms with van der Waals surface area (Å²) in [7, 11) is 0. The second kappa shape index (κ2) is 8.97. The number of thiazole rings is 1. The van der Waals surface area contributed by atoms with E-state index < -0.39 is 0 Å². The van der Waals surface area contributed by atoms with Gasteiger partial charge >= 0.3 is 0 Å². The van der Waals surface area contributed by atoms with Crippen LogP contribution >= 0.6 is 34.3 Å². The van der Waals surface area contributed by atoms with Gasteiger partial charge in [-0.15, -0.1) is 22.7 Å². The fourth-order valence-corrected chi connectivity index (χ4v) is 4.98. The third kappa shape index (κ3) is 5.28. The van der Waals surface area contributed by atoms with Gasteiger partial charge in [-0.25, -0.2) is 4.98 Å². The van der Waals surface area contributed by atoms with Crippen LogP contribution in [0.4, 0.5) is 0 Å². The predicted molar refractivity (Wildman–Crippen MR) is 107 cm³/mol. The molecule has 8 heteroatoms. The second-order valence-corrected chi connectivity index (χ2v) is 9.18. The first-order valence-corrected chi connectivity index (χ1v) is 10.8. The Balaban J connectivity index is 1.42. The van der Waals surface area contributed by atoms with E-state index >= 15 is 0 Å². The number of piperidine rings is 1. The zero-order valence-electron chi connectivity index (χ0n) is 14.7. The lowest BCUT2D eigenvalue weighted by Gasteiger charge is -2.31. The van der Waals surface area contributed by atoms with Crippen molar-refractivity contribution in [1.82, 2.24) is 15.2 Å². The fraction of sp³-hybridized carbons (Fsp3) is 0.500. The van der Waals surface area contributed by atoms with Crippen LogP contribution < -0.4 is 5.32 Å². The highest BCUT2D eigenvalue weighted by atomic mass is 35.5. The van der Waals surface area contributed by atoms with Crippen LogP contribution in [0.5, 0.6) is 0 Å². The first-order chi connectivity index (χ1) is 12.5. The Hall–Kier alpha value is -1.44. The van der Waals surface area contributed by atoms with E-state index in [0.717, 1.165) is 39.4 Å². The Bertz CT molecular complexity index is 774. The van der Waals surface area contributed by atoms with Crippen LogP contribution in [0, 0.1) is 5.92 Å². The molecule has 0 aliphatic carbocycles. The van der Waals surface area contributed by atoms with Crippen molar-refractivity contribution in [2.45, 2.75) is 32.6 Å². The molecular formula is C18H22ClN3O2S2. The van der Waals surface area contributed by atoms with E-state index in [-0.39, 0.29) is 18.2 Å². The quantitative estimate of drug-likeness (QED) is 0.785. The second-order valence-electron chi connectivity index (χ2n) is 6.61. The number of rotatable bonds is 6. The molecular weight excluding hydrogens is 390 g/mol. The van der Waals surface area contributed by atoms with Crippen molar-refractivity contribution >= 4 is 46.1 Å². The van der Waals surface area contributed by atoms with Gasteiger partial charge in [-0.05, 0) is 30.9 Å². The summed E-state index contributed by atoms with van der Waals surface area (Å²) >= 11 is 8.93. The molecule has 3 heterocycles. The zero-order valence-corrected chi connectivity index (χ0v) is 17.1. The third-order valence-corrected chi connectivity index (χ3v) is 6.64. The van der Waals surface area contributed by atoms with Crippen LogP contribution in [0.25, 0.3) is 9.88 Å². The molecule has 2 amide bonds. The van der Waals surface area contributed by atoms with Gasteiger partial charge in [0.2, 0.25) is 11.8 Å². The van der Waals surface area contributed by atoms with Gasteiger partial charge < -0.3 is 10.2 Å². The number of hydrogen-bond acceptors (Lipinski definition) is 5. The highest BCUT2D eigenvalue weighted by molar-refractivity contribution is 7.23. The Labute approximate surface area is 166 Å². The molecule has 0 bridgehead atoms. The van der Waals surface area contributed by atoms with Gasteiger partial charge in [0.15, 0.2) is 0 Å². The van der Waals surface area contributed by atoms with Crippen molar-refractivity contribution in [3.8, 4) is 9.88 Å². The predicted octanol–water partition coefficient (Wildman–Crippen LogP) is 3.83. The van der Waals surface area contributed by atoms with Crippen LogP contribution in [0.15, 0.2) is 17.5 Å². The molecule has 1 N–H and O–H groups in total. The number of aromatic nitrogens is 1. The molecule has 2 aromatic rings. The molecule has 2 aromatic heterocycles. The number of nitrogens with one attached hydrogen (secondary N) is 1. The van der Waals surface area contributed by atoms with Crippen LogP contribution in [-0.4, -0.2) is 41.3 Å². The van der Waals surface area contributed by atoms with Crippen molar-refractivity contribution < 1.29 is 9.59 Å². The lowest BCUT2D eigenvalue weighted by molar-refractivity contribution is -0.132. The highest BCUT2D eigenvalue weighted by Gasteiger charge is 2.20. The molecule has 1 aliphatic rings. The number of thiophene rings is 1. The minimum absolute atomic E-state index is 0.106. The largest absolute Gasteiger partial charge is 0.355 e. The normalized spacial score (nSPS) is 17.3. The first-order valence-electron chi connectivity index (χ1n) is 8.76. The summed E-state index contributed by atoms with van der Waals surface area (Å²) in [4.78, 5) is 31.7. The van der Waals surface area contributed by atoms with Crippen molar-refractivity contribution in [2.75, 3.05) is 19.6 Å². The van der Waals surface area contributed by atoms with Gasteiger partial charge in [0.05, 0.1) is 21.3 Å². The Morgan fingerprint density at radius 3 is 3.00 bits per heavy atom. The number of likely N-dealkylation sites (tertiary alicyclic amines) is 1. The third-order valence-electron chi connectivity index (χ3n) is 4.35. The van der Waals surface area contributed by atoms with Gasteiger partial charge in [-0.1, -0.05) is 18.5 Å².